The molecule has 0 saturated carbocycles. The molecule has 0 fully saturated rings. The summed E-state index contributed by atoms with van der Waals surface area (Å²) in [6.07, 6.45) is 2.24. The molecule has 0 aliphatic carbocycles. The number of nitrogens with zero attached hydrogens (tertiary/aromatic N) is 2. The number of carboxylic acids is 1. The van der Waals surface area contributed by atoms with E-state index in [0.717, 1.165) is 6.08 Å². The first kappa shape index (κ1) is 11.4. The highest BCUT2D eigenvalue weighted by Crippen LogP contribution is 2.04. The van der Waals surface area contributed by atoms with Gasteiger partial charge in [0.05, 0.1) is 6.10 Å². The number of hydrogen-bond acceptors (Lipinski definition) is 5. The number of ether oxygens (including phenoxy) is 1. The van der Waals surface area contributed by atoms with Crippen LogP contribution in [0.15, 0.2) is 10.5 Å². The van der Waals surface area contributed by atoms with Crippen molar-refractivity contribution >= 4 is 12.0 Å². The Hall–Kier alpha value is -1.69. The van der Waals surface area contributed by atoms with Gasteiger partial charge in [-0.1, -0.05) is 0 Å². The van der Waals surface area contributed by atoms with Gasteiger partial charge in [0.1, 0.15) is 6.61 Å². The number of hydrogen-bond donors (Lipinski definition) is 1. The van der Waals surface area contributed by atoms with Crippen LogP contribution in [-0.4, -0.2) is 27.4 Å². The zero-order chi connectivity index (χ0) is 11.3. The highest BCUT2D eigenvalue weighted by atomic mass is 16.5. The van der Waals surface area contributed by atoms with Crippen molar-refractivity contribution in [2.75, 3.05) is 0 Å². The quantitative estimate of drug-likeness (QED) is 0.735. The van der Waals surface area contributed by atoms with Gasteiger partial charge in [-0.05, 0) is 13.8 Å². The Balaban J connectivity index is 2.52. The molecule has 0 aliphatic heterocycles. The molecular formula is C9H12N2O4. The van der Waals surface area contributed by atoms with Crippen molar-refractivity contribution in [2.45, 2.75) is 26.6 Å². The Morgan fingerprint density at radius 2 is 2.33 bits per heavy atom. The van der Waals surface area contributed by atoms with Gasteiger partial charge in [0.15, 0.2) is 0 Å². The van der Waals surface area contributed by atoms with Gasteiger partial charge in [-0.15, -0.1) is 10.2 Å². The lowest BCUT2D eigenvalue weighted by atomic mass is 10.5. The van der Waals surface area contributed by atoms with Gasteiger partial charge in [-0.25, -0.2) is 4.79 Å². The minimum atomic E-state index is -1.06. The van der Waals surface area contributed by atoms with E-state index in [1.54, 1.807) is 0 Å². The lowest BCUT2D eigenvalue weighted by molar-refractivity contribution is -0.131. The summed E-state index contributed by atoms with van der Waals surface area (Å²) in [5.74, 6) is -0.582. The molecule has 6 nitrogen and oxygen atoms in total. The van der Waals surface area contributed by atoms with Gasteiger partial charge in [-0.2, -0.15) is 0 Å². The summed E-state index contributed by atoms with van der Waals surface area (Å²) in [4.78, 5) is 10.2. The molecule has 1 aromatic heterocycles. The summed E-state index contributed by atoms with van der Waals surface area (Å²) < 4.78 is 10.3. The van der Waals surface area contributed by atoms with E-state index in [1.165, 1.54) is 6.08 Å². The van der Waals surface area contributed by atoms with Crippen LogP contribution >= 0.6 is 0 Å². The van der Waals surface area contributed by atoms with Crippen molar-refractivity contribution in [1.29, 1.82) is 0 Å². The zero-order valence-electron chi connectivity index (χ0n) is 8.51. The first-order valence-electron chi connectivity index (χ1n) is 4.43. The monoisotopic (exact) mass is 212 g/mol. The summed E-state index contributed by atoms with van der Waals surface area (Å²) in [7, 11) is 0. The average Bonchev–Trinajstić information content (AvgIpc) is 2.59. The van der Waals surface area contributed by atoms with Crippen LogP contribution in [0.3, 0.4) is 0 Å². The molecule has 0 radical (unpaired) electrons. The molecule has 0 bridgehead atoms. The third-order valence-electron chi connectivity index (χ3n) is 1.39. The third kappa shape index (κ3) is 4.37. The van der Waals surface area contributed by atoms with Crippen LogP contribution in [0.4, 0.5) is 0 Å². The number of rotatable bonds is 5. The van der Waals surface area contributed by atoms with E-state index >= 15 is 0 Å². The van der Waals surface area contributed by atoms with Gasteiger partial charge in [0.2, 0.25) is 11.8 Å². The van der Waals surface area contributed by atoms with E-state index in [4.69, 9.17) is 14.3 Å². The minimum absolute atomic E-state index is 0.0786. The van der Waals surface area contributed by atoms with Crippen LogP contribution < -0.4 is 0 Å². The van der Waals surface area contributed by atoms with Gasteiger partial charge < -0.3 is 14.3 Å². The molecule has 0 saturated heterocycles. The van der Waals surface area contributed by atoms with Gasteiger partial charge in [-0.3, -0.25) is 0 Å². The molecule has 0 amide bonds. The molecule has 82 valence electrons. The second kappa shape index (κ2) is 5.26. The fraction of sp³-hybridized carbons (Fsp3) is 0.444. The average molecular weight is 212 g/mol. The molecule has 1 aromatic rings. The normalized spacial score (nSPS) is 11.4. The Bertz CT molecular complexity index is 357. The molecule has 1 rings (SSSR count). The SMILES string of the molecule is CC(C)OCc1nnc(/C=C/C(=O)O)o1. The maximum absolute atomic E-state index is 10.2. The smallest absolute Gasteiger partial charge is 0.328 e. The van der Waals surface area contributed by atoms with E-state index < -0.39 is 5.97 Å². The van der Waals surface area contributed by atoms with Gasteiger partial charge in [0, 0.05) is 12.2 Å². The fourth-order valence-electron chi connectivity index (χ4n) is 0.773. The molecule has 0 unspecified atom stereocenters. The van der Waals surface area contributed by atoms with Gasteiger partial charge >= 0.3 is 5.97 Å². The Morgan fingerprint density at radius 1 is 1.60 bits per heavy atom. The summed E-state index contributed by atoms with van der Waals surface area (Å²) in [5.41, 5.74) is 0. The second-order valence-electron chi connectivity index (χ2n) is 3.07. The molecule has 15 heavy (non-hydrogen) atoms. The van der Waals surface area contributed by atoms with Crippen LogP contribution in [0, 0.1) is 0 Å². The van der Waals surface area contributed by atoms with E-state index in [1.807, 2.05) is 13.8 Å². The molecule has 0 aromatic carbocycles. The first-order chi connectivity index (χ1) is 7.08. The van der Waals surface area contributed by atoms with Crippen molar-refractivity contribution in [3.8, 4) is 0 Å². The molecule has 6 heteroatoms. The van der Waals surface area contributed by atoms with Crippen LogP contribution in [0.25, 0.3) is 6.08 Å². The largest absolute Gasteiger partial charge is 0.478 e. The minimum Gasteiger partial charge on any atom is -0.478 e. The molecule has 0 aliphatic rings. The molecule has 1 heterocycles. The molecule has 1 N–H and O–H groups in total. The standard InChI is InChI=1S/C9H12N2O4/c1-6(2)14-5-8-11-10-7(15-8)3-4-9(12)13/h3-4,6H,5H2,1-2H3,(H,12,13)/b4-3+. The third-order valence-corrected chi connectivity index (χ3v) is 1.39. The number of carboxylic acid groups (broad SMARTS) is 1. The van der Waals surface area contributed by atoms with E-state index in [9.17, 15) is 4.79 Å². The van der Waals surface area contributed by atoms with Crippen molar-refractivity contribution in [3.05, 3.63) is 17.9 Å². The topological polar surface area (TPSA) is 85.5 Å². The van der Waals surface area contributed by atoms with Crippen molar-refractivity contribution in [1.82, 2.24) is 10.2 Å². The Labute approximate surface area is 86.6 Å². The first-order valence-corrected chi connectivity index (χ1v) is 4.43. The van der Waals surface area contributed by atoms with Crippen LogP contribution in [0.5, 0.6) is 0 Å². The van der Waals surface area contributed by atoms with Crippen LogP contribution in [0.2, 0.25) is 0 Å². The maximum Gasteiger partial charge on any atom is 0.328 e. The van der Waals surface area contributed by atoms with E-state index in [0.29, 0.717) is 5.89 Å². The van der Waals surface area contributed by atoms with E-state index in [2.05, 4.69) is 10.2 Å². The highest BCUT2D eigenvalue weighted by molar-refractivity contribution is 5.84. The summed E-state index contributed by atoms with van der Waals surface area (Å²) in [5, 5.41) is 15.7. The Kier molecular flexibility index (Phi) is 3.99. The van der Waals surface area contributed by atoms with Crippen LogP contribution in [-0.2, 0) is 16.1 Å². The lowest BCUT2D eigenvalue weighted by Gasteiger charge is -2.02. The molecule has 0 atom stereocenters. The Morgan fingerprint density at radius 3 is 2.93 bits per heavy atom. The summed E-state index contributed by atoms with van der Waals surface area (Å²) >= 11 is 0. The van der Waals surface area contributed by atoms with Crippen molar-refractivity contribution in [2.24, 2.45) is 0 Å². The predicted octanol–water partition coefficient (Wildman–Crippen LogP) is 1.09. The van der Waals surface area contributed by atoms with Gasteiger partial charge in [0.25, 0.3) is 0 Å². The van der Waals surface area contributed by atoms with E-state index in [-0.39, 0.29) is 18.6 Å². The summed E-state index contributed by atoms with van der Waals surface area (Å²) in [6, 6.07) is 0. The zero-order valence-corrected chi connectivity index (χ0v) is 8.51. The highest BCUT2D eigenvalue weighted by Gasteiger charge is 2.04. The predicted molar refractivity (Wildman–Crippen MR) is 50.9 cm³/mol. The maximum atomic E-state index is 10.2. The van der Waals surface area contributed by atoms with Crippen molar-refractivity contribution in [3.63, 3.8) is 0 Å². The number of aromatic nitrogens is 2. The second-order valence-corrected chi connectivity index (χ2v) is 3.07. The van der Waals surface area contributed by atoms with Crippen LogP contribution in [0.1, 0.15) is 25.6 Å². The number of aliphatic carboxylic acids is 1. The number of carbonyl (C=O) groups is 1. The fourth-order valence-corrected chi connectivity index (χ4v) is 0.773. The van der Waals surface area contributed by atoms with Crippen molar-refractivity contribution < 1.29 is 19.1 Å². The molecule has 0 spiro atoms. The molecular weight excluding hydrogens is 200 g/mol. The summed E-state index contributed by atoms with van der Waals surface area (Å²) in [6.45, 7) is 4.01. The lowest BCUT2D eigenvalue weighted by Crippen LogP contribution is -2.02.